The van der Waals surface area contributed by atoms with Gasteiger partial charge in [0.05, 0.1) is 31.4 Å². The molecule has 2 aromatic carbocycles. The second kappa shape index (κ2) is 24.8. The fourth-order valence-corrected chi connectivity index (χ4v) is 6.99. The molecule has 1 fully saturated rings. The van der Waals surface area contributed by atoms with Gasteiger partial charge >= 0.3 is 5.97 Å². The number of hydrogen-bond acceptors (Lipinski definition) is 14. The summed E-state index contributed by atoms with van der Waals surface area (Å²) in [5.41, 5.74) is 9.20. The molecule has 4 atom stereocenters. The maximum atomic E-state index is 13.9. The second-order valence-electron chi connectivity index (χ2n) is 15.2. The zero-order chi connectivity index (χ0) is 47.5. The minimum Gasteiger partial charge on any atom is -0.494 e. The number of benzene rings is 2. The number of hydrogen-bond donors (Lipinski definition) is 10. The van der Waals surface area contributed by atoms with Crippen molar-refractivity contribution in [2.75, 3.05) is 31.7 Å². The number of ether oxygens (including phenoxy) is 1. The Morgan fingerprint density at radius 1 is 0.892 bits per heavy atom. The normalized spacial score (nSPS) is 18.9. The van der Waals surface area contributed by atoms with E-state index in [0.29, 0.717) is 37.1 Å². The summed E-state index contributed by atoms with van der Waals surface area (Å²) in [6.45, 7) is 3.57. The van der Waals surface area contributed by atoms with Crippen molar-refractivity contribution in [1.82, 2.24) is 36.9 Å². The first-order valence-corrected chi connectivity index (χ1v) is 22.1. The number of hydrazone groups is 1. The number of carbonyl (C=O) groups excluding carboxylic acids is 6. The molecule has 0 bridgehead atoms. The van der Waals surface area contributed by atoms with Gasteiger partial charge in [0.1, 0.15) is 40.6 Å². The monoisotopic (exact) mass is 922 g/mol. The van der Waals surface area contributed by atoms with Gasteiger partial charge in [-0.1, -0.05) is 44.2 Å². The number of nitrogens with one attached hydrogen (secondary N) is 7. The van der Waals surface area contributed by atoms with Gasteiger partial charge in [0, 0.05) is 24.7 Å². The highest BCUT2D eigenvalue weighted by Crippen LogP contribution is 2.16. The van der Waals surface area contributed by atoms with E-state index in [1.165, 1.54) is 42.7 Å². The van der Waals surface area contributed by atoms with Gasteiger partial charge in [-0.05, 0) is 74.0 Å². The molecule has 1 aliphatic rings. The lowest BCUT2D eigenvalue weighted by molar-refractivity contribution is -0.141. The molecular formula is C42H54N10O12S. The predicted octanol–water partition coefficient (Wildman–Crippen LogP) is -0.156. The highest BCUT2D eigenvalue weighted by molar-refractivity contribution is 7.86. The van der Waals surface area contributed by atoms with Gasteiger partial charge in [0.15, 0.2) is 0 Å². The van der Waals surface area contributed by atoms with Crippen LogP contribution in [-0.4, -0.2) is 121 Å². The average Bonchev–Trinajstić information content (AvgIpc) is 3.26. The quantitative estimate of drug-likeness (QED) is 0.0323. The van der Waals surface area contributed by atoms with E-state index < -0.39 is 94.6 Å². The lowest BCUT2D eigenvalue weighted by Gasteiger charge is -2.27. The molecule has 1 aromatic heterocycles. The van der Waals surface area contributed by atoms with E-state index in [-0.39, 0.29) is 47.8 Å². The van der Waals surface area contributed by atoms with Gasteiger partial charge in [0.2, 0.25) is 29.5 Å². The van der Waals surface area contributed by atoms with Crippen molar-refractivity contribution in [2.24, 2.45) is 16.8 Å². The van der Waals surface area contributed by atoms with Crippen LogP contribution >= 0.6 is 0 Å². The van der Waals surface area contributed by atoms with Crippen LogP contribution in [0.3, 0.4) is 0 Å². The SMILES string of the molecule is CC(C)C1NC(=O)[C@@H](Cc2ccc(OCCCNC(=O)c3ccc(N/N=C/c4ccccc4S(=O)(=O)O)nc3)cc2)NC(=O)[C@H](CC(=O)O)NC(=O)CNC(=O)[C@H](CCCCN)NC1=O. The number of unbranched alkanes of at least 4 members (excludes halogenated alkanes) is 1. The molecule has 11 N–H and O–H groups in total. The number of carbonyl (C=O) groups is 7. The van der Waals surface area contributed by atoms with Crippen LogP contribution in [-0.2, 0) is 45.3 Å². The lowest BCUT2D eigenvalue weighted by Crippen LogP contribution is -2.59. The minimum absolute atomic E-state index is 0.115. The van der Waals surface area contributed by atoms with Gasteiger partial charge in [-0.25, -0.2) is 4.98 Å². The summed E-state index contributed by atoms with van der Waals surface area (Å²) in [5.74, 6) is -5.51. The van der Waals surface area contributed by atoms with Crippen molar-refractivity contribution in [1.29, 1.82) is 0 Å². The zero-order valence-electron chi connectivity index (χ0n) is 35.7. The van der Waals surface area contributed by atoms with Gasteiger partial charge < -0.3 is 47.5 Å². The number of carboxylic acid groups (broad SMARTS) is 1. The van der Waals surface area contributed by atoms with Crippen LogP contribution in [0.15, 0.2) is 76.9 Å². The molecule has 2 heterocycles. The highest BCUT2D eigenvalue weighted by Gasteiger charge is 2.34. The summed E-state index contributed by atoms with van der Waals surface area (Å²) in [6, 6.07) is 10.1. The third kappa shape index (κ3) is 16.6. The number of amides is 6. The summed E-state index contributed by atoms with van der Waals surface area (Å²) in [7, 11) is -4.45. The Morgan fingerprint density at radius 2 is 1.60 bits per heavy atom. The van der Waals surface area contributed by atoms with Crippen molar-refractivity contribution in [3.63, 3.8) is 0 Å². The van der Waals surface area contributed by atoms with Crippen molar-refractivity contribution in [3.05, 3.63) is 83.6 Å². The Labute approximate surface area is 375 Å². The van der Waals surface area contributed by atoms with Crippen molar-refractivity contribution < 1.29 is 56.4 Å². The first-order chi connectivity index (χ1) is 30.9. The highest BCUT2D eigenvalue weighted by atomic mass is 32.2. The molecule has 0 spiro atoms. The molecule has 0 saturated carbocycles. The number of anilines is 1. The van der Waals surface area contributed by atoms with Crippen molar-refractivity contribution >= 4 is 63.6 Å². The number of aliphatic carboxylic acids is 1. The van der Waals surface area contributed by atoms with E-state index in [1.54, 1.807) is 44.2 Å². The summed E-state index contributed by atoms with van der Waals surface area (Å²) in [6.07, 6.45) is 3.23. The number of aromatic nitrogens is 1. The lowest BCUT2D eigenvalue weighted by atomic mass is 9.99. The van der Waals surface area contributed by atoms with E-state index >= 15 is 0 Å². The molecule has 350 valence electrons. The molecule has 0 aliphatic carbocycles. The van der Waals surface area contributed by atoms with Crippen LogP contribution in [0.25, 0.3) is 0 Å². The third-order valence-corrected chi connectivity index (χ3v) is 10.7. The number of carboxylic acids is 1. The number of pyridine rings is 1. The fraction of sp³-hybridized carbons (Fsp3) is 0.405. The summed E-state index contributed by atoms with van der Waals surface area (Å²) >= 11 is 0. The molecule has 23 heteroatoms. The number of nitrogens with zero attached hydrogens (tertiary/aromatic N) is 2. The van der Waals surface area contributed by atoms with Crippen LogP contribution in [0.4, 0.5) is 5.82 Å². The Morgan fingerprint density at radius 3 is 2.26 bits per heavy atom. The fourth-order valence-electron chi connectivity index (χ4n) is 6.32. The van der Waals surface area contributed by atoms with Gasteiger partial charge in [-0.3, -0.25) is 43.5 Å². The molecule has 22 nitrogen and oxygen atoms in total. The molecule has 1 aliphatic heterocycles. The topological polar surface area (TPSA) is 339 Å². The molecule has 65 heavy (non-hydrogen) atoms. The van der Waals surface area contributed by atoms with Crippen LogP contribution in [0.1, 0.15) is 67.4 Å². The molecule has 0 radical (unpaired) electrons. The van der Waals surface area contributed by atoms with Gasteiger partial charge in [-0.15, -0.1) is 0 Å². The molecule has 4 rings (SSSR count). The Kier molecular flexibility index (Phi) is 19.3. The van der Waals surface area contributed by atoms with Crippen molar-refractivity contribution in [2.45, 2.75) is 81.4 Å². The van der Waals surface area contributed by atoms with Gasteiger partial charge in [-0.2, -0.15) is 13.5 Å². The Hall–Kier alpha value is -6.98. The van der Waals surface area contributed by atoms with Crippen LogP contribution < -0.4 is 47.8 Å². The summed E-state index contributed by atoms with van der Waals surface area (Å²) in [4.78, 5) is 94.9. The first kappa shape index (κ1) is 50.7. The van der Waals surface area contributed by atoms with Crippen molar-refractivity contribution in [3.8, 4) is 5.75 Å². The number of rotatable bonds is 19. The molecule has 6 amide bonds. The van der Waals surface area contributed by atoms with Crippen LogP contribution in [0, 0.1) is 5.92 Å². The maximum absolute atomic E-state index is 13.9. The van der Waals surface area contributed by atoms with Crippen LogP contribution in [0.5, 0.6) is 5.75 Å². The summed E-state index contributed by atoms with van der Waals surface area (Å²) in [5, 5.41) is 28.8. The molecule has 3 aromatic rings. The van der Waals surface area contributed by atoms with E-state index in [9.17, 15) is 51.6 Å². The van der Waals surface area contributed by atoms with E-state index in [2.05, 4.69) is 47.4 Å². The third-order valence-electron chi connectivity index (χ3n) is 9.76. The van der Waals surface area contributed by atoms with E-state index in [1.807, 2.05) is 0 Å². The van der Waals surface area contributed by atoms with E-state index in [4.69, 9.17) is 10.5 Å². The molecular weight excluding hydrogens is 869 g/mol. The standard InChI is InChI=1S/C42H54N10O12S/c1-25(2)37-42(60)49-30(9-5-6-17-43)39(57)46-24-35(53)48-32(21-36(54)55)40(58)50-31(41(59)51-37)20-26-11-14-29(15-12-26)64-19-7-18-44-38(56)28-13-16-34(45-22-28)52-47-23-27-8-3-4-10-33(27)65(61,62)63/h3-4,8,10-16,22-23,25,30-32,37H,5-7,9,17-21,24,43H2,1-2H3,(H,44,56)(H,45,52)(H,46,57)(H,48,53)(H,49,60)(H,50,58)(H,51,59)(H,54,55)(H,61,62,63)/b47-23+/t30-,31+,32-,37?/m0/s1. The molecule has 1 saturated heterocycles. The van der Waals surface area contributed by atoms with Crippen LogP contribution in [0.2, 0.25) is 0 Å². The Bertz CT molecular complexity index is 2290. The maximum Gasteiger partial charge on any atom is 0.305 e. The predicted molar refractivity (Wildman–Crippen MR) is 235 cm³/mol. The van der Waals surface area contributed by atoms with E-state index in [0.717, 1.165) is 0 Å². The Balaban J connectivity index is 1.35. The largest absolute Gasteiger partial charge is 0.494 e. The summed E-state index contributed by atoms with van der Waals surface area (Å²) < 4.78 is 38.3. The second-order valence-corrected chi connectivity index (χ2v) is 16.6. The smallest absolute Gasteiger partial charge is 0.305 e. The number of nitrogens with two attached hydrogens (primary N) is 1. The zero-order valence-corrected chi connectivity index (χ0v) is 36.6. The van der Waals surface area contributed by atoms with Gasteiger partial charge in [0.25, 0.3) is 16.0 Å². The first-order valence-electron chi connectivity index (χ1n) is 20.7. The average molecular weight is 923 g/mol. The minimum atomic E-state index is -4.45. The molecule has 1 unspecified atom stereocenters.